The third-order valence-electron chi connectivity index (χ3n) is 4.57. The number of ether oxygens (including phenoxy) is 1. The maximum atomic E-state index is 12.6. The van der Waals surface area contributed by atoms with E-state index in [2.05, 4.69) is 0 Å². The molecule has 0 aliphatic rings. The van der Waals surface area contributed by atoms with Gasteiger partial charge in [-0.05, 0) is 47.2 Å². The van der Waals surface area contributed by atoms with Crippen molar-refractivity contribution in [1.29, 1.82) is 5.41 Å². The number of esters is 1. The number of primary amides is 1. The maximum Gasteiger partial charge on any atom is 0.343 e. The Hall–Kier alpha value is -3.29. The summed E-state index contributed by atoms with van der Waals surface area (Å²) < 4.78 is 5.59. The minimum Gasteiger partial charge on any atom is -0.423 e. The van der Waals surface area contributed by atoms with E-state index in [0.717, 1.165) is 11.1 Å². The molecule has 0 heterocycles. The van der Waals surface area contributed by atoms with E-state index in [1.54, 1.807) is 42.5 Å². The Kier molecular flexibility index (Phi) is 8.85. The van der Waals surface area contributed by atoms with E-state index in [4.69, 9.17) is 21.6 Å². The van der Waals surface area contributed by atoms with Crippen molar-refractivity contribution in [3.63, 3.8) is 0 Å². The number of halogens is 2. The SMILES string of the molecule is CN(C)c1ccc(C(=O)Oc2ccc3cc(C(=N)N)ccc3c2CC(N)=O)cc1.Cl.Cl. The molecule has 1 amide bonds. The van der Waals surface area contributed by atoms with Gasteiger partial charge in [0.25, 0.3) is 0 Å². The highest BCUT2D eigenvalue weighted by molar-refractivity contribution is 6.01. The minimum atomic E-state index is -0.541. The van der Waals surface area contributed by atoms with Crippen LogP contribution >= 0.6 is 24.8 Å². The van der Waals surface area contributed by atoms with Gasteiger partial charge in [0.05, 0.1) is 12.0 Å². The number of rotatable bonds is 6. The summed E-state index contributed by atoms with van der Waals surface area (Å²) in [4.78, 5) is 26.2. The fourth-order valence-corrected chi connectivity index (χ4v) is 3.05. The first-order valence-electron chi connectivity index (χ1n) is 8.94. The molecule has 0 saturated carbocycles. The lowest BCUT2D eigenvalue weighted by Crippen LogP contribution is -2.17. The molecule has 3 rings (SSSR count). The Balaban J connectivity index is 0.00000240. The molecule has 0 radical (unpaired) electrons. The summed E-state index contributed by atoms with van der Waals surface area (Å²) in [5, 5.41) is 9.06. The van der Waals surface area contributed by atoms with Gasteiger partial charge < -0.3 is 21.1 Å². The molecule has 3 aromatic rings. The number of nitrogens with two attached hydrogens (primary N) is 2. The molecule has 0 saturated heterocycles. The van der Waals surface area contributed by atoms with Crippen LogP contribution in [0, 0.1) is 5.41 Å². The number of anilines is 1. The van der Waals surface area contributed by atoms with Crippen molar-refractivity contribution < 1.29 is 14.3 Å². The van der Waals surface area contributed by atoms with Gasteiger partial charge in [0.15, 0.2) is 0 Å². The third kappa shape index (κ3) is 5.87. The molecule has 31 heavy (non-hydrogen) atoms. The second-order valence-electron chi connectivity index (χ2n) is 6.87. The topological polar surface area (TPSA) is 122 Å². The summed E-state index contributed by atoms with van der Waals surface area (Å²) in [5.41, 5.74) is 13.4. The second kappa shape index (κ2) is 10.7. The molecule has 5 N–H and O–H groups in total. The normalized spacial score (nSPS) is 9.87. The number of amides is 1. The van der Waals surface area contributed by atoms with Crippen molar-refractivity contribution in [2.45, 2.75) is 6.42 Å². The molecular formula is C22H24Cl2N4O3. The van der Waals surface area contributed by atoms with Crippen LogP contribution in [0.2, 0.25) is 0 Å². The van der Waals surface area contributed by atoms with Crippen LogP contribution in [0.4, 0.5) is 5.69 Å². The van der Waals surface area contributed by atoms with Gasteiger partial charge in [-0.2, -0.15) is 0 Å². The molecule has 0 unspecified atom stereocenters. The molecule has 7 nitrogen and oxygen atoms in total. The Morgan fingerprint density at radius 3 is 2.10 bits per heavy atom. The molecular weight excluding hydrogens is 439 g/mol. The van der Waals surface area contributed by atoms with E-state index in [0.29, 0.717) is 22.1 Å². The molecule has 0 aromatic heterocycles. The number of hydrogen-bond acceptors (Lipinski definition) is 5. The molecule has 0 aliphatic heterocycles. The van der Waals surface area contributed by atoms with Crippen molar-refractivity contribution in [2.24, 2.45) is 11.5 Å². The van der Waals surface area contributed by atoms with Crippen molar-refractivity contribution >= 4 is 59.0 Å². The van der Waals surface area contributed by atoms with Gasteiger partial charge in [-0.1, -0.05) is 18.2 Å². The largest absolute Gasteiger partial charge is 0.423 e. The van der Waals surface area contributed by atoms with Gasteiger partial charge in [-0.25, -0.2) is 4.79 Å². The average Bonchev–Trinajstić information content (AvgIpc) is 2.68. The lowest BCUT2D eigenvalue weighted by atomic mass is 9.98. The van der Waals surface area contributed by atoms with E-state index < -0.39 is 11.9 Å². The number of hydrogen-bond donors (Lipinski definition) is 3. The Bertz CT molecular complexity index is 1120. The van der Waals surface area contributed by atoms with Gasteiger partial charge in [-0.3, -0.25) is 10.2 Å². The van der Waals surface area contributed by atoms with Gasteiger partial charge >= 0.3 is 5.97 Å². The summed E-state index contributed by atoms with van der Waals surface area (Å²) in [6.07, 6.45) is -0.0844. The molecule has 0 aliphatic carbocycles. The van der Waals surface area contributed by atoms with Crippen LogP contribution < -0.4 is 21.1 Å². The lowest BCUT2D eigenvalue weighted by Gasteiger charge is -2.14. The van der Waals surface area contributed by atoms with Crippen LogP contribution in [-0.4, -0.2) is 31.8 Å². The summed E-state index contributed by atoms with van der Waals surface area (Å²) in [7, 11) is 3.83. The lowest BCUT2D eigenvalue weighted by molar-refractivity contribution is -0.117. The predicted molar refractivity (Wildman–Crippen MR) is 128 cm³/mol. The monoisotopic (exact) mass is 462 g/mol. The first-order valence-corrected chi connectivity index (χ1v) is 8.94. The summed E-state index contributed by atoms with van der Waals surface area (Å²) >= 11 is 0. The van der Waals surface area contributed by atoms with E-state index >= 15 is 0 Å². The van der Waals surface area contributed by atoms with E-state index in [-0.39, 0.29) is 42.8 Å². The van der Waals surface area contributed by atoms with Crippen LogP contribution in [0.1, 0.15) is 21.5 Å². The number of nitrogens with zero attached hydrogens (tertiary/aromatic N) is 1. The standard InChI is InChI=1S/C22H22N4O3.2ClH/c1-26(2)16-7-3-13(4-8-16)22(28)29-19-10-6-14-11-15(21(24)25)5-9-17(14)18(19)12-20(23)27;;/h3-11H,12H2,1-2H3,(H2,23,27)(H3,24,25);2*1H. The maximum absolute atomic E-state index is 12.6. The highest BCUT2D eigenvalue weighted by Crippen LogP contribution is 2.30. The van der Waals surface area contributed by atoms with Crippen LogP contribution in [0.3, 0.4) is 0 Å². The van der Waals surface area contributed by atoms with Crippen molar-refractivity contribution in [3.8, 4) is 5.75 Å². The molecule has 0 bridgehead atoms. The van der Waals surface area contributed by atoms with Gasteiger partial charge in [-0.15, -0.1) is 24.8 Å². The zero-order chi connectivity index (χ0) is 21.1. The van der Waals surface area contributed by atoms with Crippen LogP contribution in [0.15, 0.2) is 54.6 Å². The number of nitrogens with one attached hydrogen (secondary N) is 1. The minimum absolute atomic E-state index is 0. The van der Waals surface area contributed by atoms with E-state index in [1.165, 1.54) is 0 Å². The zero-order valence-electron chi connectivity index (χ0n) is 17.0. The summed E-state index contributed by atoms with van der Waals surface area (Å²) in [6, 6.07) is 15.6. The summed E-state index contributed by atoms with van der Waals surface area (Å²) in [5.74, 6) is -0.852. The second-order valence-corrected chi connectivity index (χ2v) is 6.87. The predicted octanol–water partition coefficient (Wildman–Crippen LogP) is 3.28. The van der Waals surface area contributed by atoms with Crippen molar-refractivity contribution in [3.05, 3.63) is 71.3 Å². The third-order valence-corrected chi connectivity index (χ3v) is 4.57. The molecule has 0 atom stereocenters. The number of nitrogen functional groups attached to an aromatic ring is 1. The molecule has 3 aromatic carbocycles. The highest BCUT2D eigenvalue weighted by Gasteiger charge is 2.16. The van der Waals surface area contributed by atoms with E-state index in [9.17, 15) is 9.59 Å². The number of amidine groups is 1. The first kappa shape index (κ1) is 25.7. The average molecular weight is 463 g/mol. The Labute approximate surface area is 192 Å². The van der Waals surface area contributed by atoms with Crippen molar-refractivity contribution in [2.75, 3.05) is 19.0 Å². The zero-order valence-corrected chi connectivity index (χ0v) is 18.7. The molecule has 0 fully saturated rings. The molecule has 164 valence electrons. The van der Waals surface area contributed by atoms with E-state index in [1.807, 2.05) is 31.1 Å². The smallest absolute Gasteiger partial charge is 0.343 e. The Morgan fingerprint density at radius 2 is 1.55 bits per heavy atom. The first-order chi connectivity index (χ1) is 13.8. The highest BCUT2D eigenvalue weighted by atomic mass is 35.5. The van der Waals surface area contributed by atoms with Crippen LogP contribution in [-0.2, 0) is 11.2 Å². The van der Waals surface area contributed by atoms with Crippen LogP contribution in [0.25, 0.3) is 10.8 Å². The quantitative estimate of drug-likeness (QED) is 0.224. The Morgan fingerprint density at radius 1 is 0.935 bits per heavy atom. The van der Waals surface area contributed by atoms with Gasteiger partial charge in [0.1, 0.15) is 11.6 Å². The molecule has 9 heteroatoms. The van der Waals surface area contributed by atoms with Gasteiger partial charge in [0.2, 0.25) is 5.91 Å². The number of carbonyl (C=O) groups is 2. The molecule has 0 spiro atoms. The van der Waals surface area contributed by atoms with Gasteiger partial charge in [0, 0.05) is 30.9 Å². The number of fused-ring (bicyclic) bond motifs is 1. The fraction of sp³-hybridized carbons (Fsp3) is 0.136. The van der Waals surface area contributed by atoms with Crippen LogP contribution in [0.5, 0.6) is 5.75 Å². The number of benzene rings is 3. The fourth-order valence-electron chi connectivity index (χ4n) is 3.05. The summed E-state index contributed by atoms with van der Waals surface area (Å²) in [6.45, 7) is 0. The van der Waals surface area contributed by atoms with Crippen molar-refractivity contribution in [1.82, 2.24) is 0 Å². The number of carbonyl (C=O) groups excluding carboxylic acids is 2.